The van der Waals surface area contributed by atoms with Gasteiger partial charge in [-0.1, -0.05) is 12.8 Å². The van der Waals surface area contributed by atoms with Crippen LogP contribution >= 0.6 is 0 Å². The highest BCUT2D eigenvalue weighted by atomic mass is 16.3. The number of hydrogen-bond acceptors (Lipinski definition) is 3. The van der Waals surface area contributed by atoms with Crippen LogP contribution in [0.2, 0.25) is 0 Å². The van der Waals surface area contributed by atoms with Crippen molar-refractivity contribution in [3.63, 3.8) is 0 Å². The maximum atomic E-state index is 10.1. The van der Waals surface area contributed by atoms with E-state index in [1.165, 1.54) is 12.8 Å². The second kappa shape index (κ2) is 5.16. The molecule has 1 saturated heterocycles. The van der Waals surface area contributed by atoms with Crippen LogP contribution in [-0.4, -0.2) is 34.7 Å². The van der Waals surface area contributed by atoms with E-state index in [1.54, 1.807) is 0 Å². The van der Waals surface area contributed by atoms with E-state index >= 15 is 0 Å². The molecule has 3 nitrogen and oxygen atoms in total. The van der Waals surface area contributed by atoms with Crippen molar-refractivity contribution in [3.8, 4) is 6.07 Å². The van der Waals surface area contributed by atoms with Gasteiger partial charge in [0, 0.05) is 12.0 Å². The average Bonchev–Trinajstić information content (AvgIpc) is 2.77. The Bertz CT molecular complexity index is 274. The number of nitriles is 1. The molecule has 1 saturated carbocycles. The molecule has 2 fully saturated rings. The van der Waals surface area contributed by atoms with E-state index in [4.69, 9.17) is 5.26 Å². The fourth-order valence-corrected chi connectivity index (χ4v) is 3.42. The Morgan fingerprint density at radius 2 is 2.00 bits per heavy atom. The second-order valence-electron chi connectivity index (χ2n) is 5.27. The van der Waals surface area contributed by atoms with E-state index in [-0.39, 0.29) is 12.1 Å². The Labute approximate surface area is 98.1 Å². The molecular weight excluding hydrogens is 200 g/mol. The van der Waals surface area contributed by atoms with Gasteiger partial charge in [-0.25, -0.2) is 0 Å². The molecule has 16 heavy (non-hydrogen) atoms. The van der Waals surface area contributed by atoms with E-state index < -0.39 is 0 Å². The summed E-state index contributed by atoms with van der Waals surface area (Å²) in [5, 5.41) is 19.1. The van der Waals surface area contributed by atoms with Gasteiger partial charge in [0.2, 0.25) is 0 Å². The van der Waals surface area contributed by atoms with Crippen LogP contribution < -0.4 is 0 Å². The van der Waals surface area contributed by atoms with Crippen molar-refractivity contribution in [1.29, 1.82) is 5.26 Å². The fraction of sp³-hybridized carbons (Fsp3) is 0.923. The zero-order chi connectivity index (χ0) is 11.5. The first-order valence-corrected chi connectivity index (χ1v) is 6.57. The second-order valence-corrected chi connectivity index (χ2v) is 5.27. The highest BCUT2D eigenvalue weighted by Crippen LogP contribution is 2.35. The van der Waals surface area contributed by atoms with Crippen LogP contribution in [-0.2, 0) is 0 Å². The van der Waals surface area contributed by atoms with Crippen LogP contribution in [0.15, 0.2) is 0 Å². The average molecular weight is 222 g/mol. The van der Waals surface area contributed by atoms with Crippen LogP contribution in [0.25, 0.3) is 0 Å². The fourth-order valence-electron chi connectivity index (χ4n) is 3.42. The zero-order valence-electron chi connectivity index (χ0n) is 10.1. The highest BCUT2D eigenvalue weighted by Gasteiger charge is 2.38. The van der Waals surface area contributed by atoms with E-state index in [0.29, 0.717) is 12.0 Å². The molecule has 90 valence electrons. The summed E-state index contributed by atoms with van der Waals surface area (Å²) in [4.78, 5) is 2.30. The number of hydrogen-bond donors (Lipinski definition) is 1. The molecule has 0 bridgehead atoms. The SMILES string of the molecule is CC(C#N)N1CCCC1C1CCCCC1O. The van der Waals surface area contributed by atoms with Crippen molar-refractivity contribution in [2.24, 2.45) is 5.92 Å². The van der Waals surface area contributed by atoms with Gasteiger partial charge in [-0.2, -0.15) is 5.26 Å². The third-order valence-electron chi connectivity index (χ3n) is 4.30. The first-order chi connectivity index (χ1) is 7.74. The predicted octanol–water partition coefficient (Wildman–Crippen LogP) is 1.91. The summed E-state index contributed by atoms with van der Waals surface area (Å²) >= 11 is 0. The number of nitrogens with zero attached hydrogens (tertiary/aromatic N) is 2. The van der Waals surface area contributed by atoms with Crippen molar-refractivity contribution < 1.29 is 5.11 Å². The molecular formula is C13H22N2O. The molecule has 0 amide bonds. The summed E-state index contributed by atoms with van der Waals surface area (Å²) in [6.45, 7) is 3.01. The van der Waals surface area contributed by atoms with Crippen LogP contribution in [0.4, 0.5) is 0 Å². The normalized spacial score (nSPS) is 38.2. The molecule has 3 heteroatoms. The lowest BCUT2D eigenvalue weighted by Gasteiger charge is -2.38. The summed E-state index contributed by atoms with van der Waals surface area (Å²) in [5.74, 6) is 0.409. The lowest BCUT2D eigenvalue weighted by atomic mass is 9.80. The molecule has 2 aliphatic rings. The topological polar surface area (TPSA) is 47.3 Å². The lowest BCUT2D eigenvalue weighted by molar-refractivity contribution is 0.0179. The maximum absolute atomic E-state index is 10.1. The van der Waals surface area contributed by atoms with Gasteiger partial charge < -0.3 is 5.11 Å². The van der Waals surface area contributed by atoms with E-state index in [2.05, 4.69) is 11.0 Å². The molecule has 0 spiro atoms. The Kier molecular flexibility index (Phi) is 3.83. The predicted molar refractivity (Wildman–Crippen MR) is 62.8 cm³/mol. The van der Waals surface area contributed by atoms with E-state index in [9.17, 15) is 5.11 Å². The maximum Gasteiger partial charge on any atom is 0.0951 e. The van der Waals surface area contributed by atoms with Gasteiger partial charge in [-0.05, 0) is 39.2 Å². The van der Waals surface area contributed by atoms with Crippen molar-refractivity contribution in [3.05, 3.63) is 0 Å². The molecule has 0 aromatic heterocycles. The molecule has 0 aromatic rings. The van der Waals surface area contributed by atoms with Gasteiger partial charge >= 0.3 is 0 Å². The van der Waals surface area contributed by atoms with Crippen molar-refractivity contribution in [2.45, 2.75) is 63.6 Å². The first-order valence-electron chi connectivity index (χ1n) is 6.57. The number of likely N-dealkylation sites (tertiary alicyclic amines) is 1. The van der Waals surface area contributed by atoms with E-state index in [1.807, 2.05) is 6.92 Å². The van der Waals surface area contributed by atoms with E-state index in [0.717, 1.165) is 32.2 Å². The third-order valence-corrected chi connectivity index (χ3v) is 4.30. The summed E-state index contributed by atoms with van der Waals surface area (Å²) in [5.41, 5.74) is 0. The number of aliphatic hydroxyl groups is 1. The summed E-state index contributed by atoms with van der Waals surface area (Å²) < 4.78 is 0. The van der Waals surface area contributed by atoms with Gasteiger partial charge in [0.25, 0.3) is 0 Å². The summed E-state index contributed by atoms with van der Waals surface area (Å²) in [6.07, 6.45) is 6.71. The molecule has 1 heterocycles. The van der Waals surface area contributed by atoms with Crippen molar-refractivity contribution in [2.75, 3.05) is 6.54 Å². The van der Waals surface area contributed by atoms with Crippen LogP contribution in [0.1, 0.15) is 45.4 Å². The number of rotatable bonds is 2. The molecule has 1 aliphatic carbocycles. The smallest absolute Gasteiger partial charge is 0.0951 e. The molecule has 0 aromatic carbocycles. The Balaban J connectivity index is 2.04. The zero-order valence-corrected chi connectivity index (χ0v) is 10.1. The van der Waals surface area contributed by atoms with Crippen LogP contribution in [0.3, 0.4) is 0 Å². The summed E-state index contributed by atoms with van der Waals surface area (Å²) in [7, 11) is 0. The minimum atomic E-state index is -0.134. The van der Waals surface area contributed by atoms with Crippen LogP contribution in [0.5, 0.6) is 0 Å². The Hall–Kier alpha value is -0.590. The van der Waals surface area contributed by atoms with Gasteiger partial charge in [-0.3, -0.25) is 4.90 Å². The summed E-state index contributed by atoms with van der Waals surface area (Å²) in [6, 6.07) is 2.79. The molecule has 0 radical (unpaired) electrons. The van der Waals surface area contributed by atoms with Gasteiger partial charge in [0.05, 0.1) is 18.2 Å². The molecule has 2 rings (SSSR count). The standard InChI is InChI=1S/C13H22N2O/c1-10(9-14)15-8-4-6-12(15)11-5-2-3-7-13(11)16/h10-13,16H,2-8H2,1H3. The van der Waals surface area contributed by atoms with Gasteiger partial charge in [0.15, 0.2) is 0 Å². The number of aliphatic hydroxyl groups excluding tert-OH is 1. The van der Waals surface area contributed by atoms with Gasteiger partial charge in [0.1, 0.15) is 0 Å². The minimum Gasteiger partial charge on any atom is -0.393 e. The van der Waals surface area contributed by atoms with Gasteiger partial charge in [-0.15, -0.1) is 0 Å². The largest absolute Gasteiger partial charge is 0.393 e. The quantitative estimate of drug-likeness (QED) is 0.776. The van der Waals surface area contributed by atoms with Crippen LogP contribution in [0, 0.1) is 17.2 Å². The van der Waals surface area contributed by atoms with Crippen molar-refractivity contribution >= 4 is 0 Å². The Morgan fingerprint density at radius 1 is 1.25 bits per heavy atom. The molecule has 1 N–H and O–H groups in total. The molecule has 1 aliphatic heterocycles. The monoisotopic (exact) mass is 222 g/mol. The third kappa shape index (κ3) is 2.23. The van der Waals surface area contributed by atoms with Crippen molar-refractivity contribution in [1.82, 2.24) is 4.90 Å². The molecule has 4 atom stereocenters. The first kappa shape index (κ1) is 11.9. The lowest BCUT2D eigenvalue weighted by Crippen LogP contribution is -2.45. The molecule has 4 unspecified atom stereocenters. The Morgan fingerprint density at radius 3 is 2.69 bits per heavy atom. The highest BCUT2D eigenvalue weighted by molar-refractivity contribution is 4.98. The minimum absolute atomic E-state index is 0.00151.